The lowest BCUT2D eigenvalue weighted by atomic mass is 10.1. The van der Waals surface area contributed by atoms with Crippen molar-refractivity contribution in [3.63, 3.8) is 0 Å². The van der Waals surface area contributed by atoms with Gasteiger partial charge in [0.1, 0.15) is 5.75 Å². The molecule has 0 saturated carbocycles. The average molecular weight is 435 g/mol. The molecular formula is C26H34N4O2. The molecule has 2 aromatic carbocycles. The van der Waals surface area contributed by atoms with E-state index in [1.165, 1.54) is 0 Å². The van der Waals surface area contributed by atoms with Crippen molar-refractivity contribution in [2.75, 3.05) is 6.54 Å². The van der Waals surface area contributed by atoms with Crippen molar-refractivity contribution in [1.29, 1.82) is 0 Å². The summed E-state index contributed by atoms with van der Waals surface area (Å²) in [7, 11) is 0. The number of nitrogens with zero attached hydrogens (tertiary/aromatic N) is 3. The van der Waals surface area contributed by atoms with E-state index in [9.17, 15) is 4.79 Å². The van der Waals surface area contributed by atoms with E-state index in [2.05, 4.69) is 19.2 Å². The number of benzene rings is 2. The summed E-state index contributed by atoms with van der Waals surface area (Å²) in [5.41, 5.74) is 2.31. The molecule has 6 heteroatoms. The molecule has 170 valence electrons. The van der Waals surface area contributed by atoms with Crippen LogP contribution in [0, 0.1) is 12.8 Å². The summed E-state index contributed by atoms with van der Waals surface area (Å²) < 4.78 is 8.16. The first kappa shape index (κ1) is 23.4. The minimum Gasteiger partial charge on any atom is -0.439 e. The summed E-state index contributed by atoms with van der Waals surface area (Å²) in [5.74, 6) is 1.67. The molecule has 0 radical (unpaired) electrons. The third-order valence-corrected chi connectivity index (χ3v) is 4.80. The van der Waals surface area contributed by atoms with Gasteiger partial charge in [-0.25, -0.2) is 9.48 Å². The molecule has 6 nitrogen and oxygen atoms in total. The standard InChI is InChI=1S/C26H34N4O2/c1-19(2)17-29(25(31)27-26(4,5)6)18-23-20(3)28-30(21-13-9-7-10-14-21)24(23)32-22-15-11-8-12-16-22/h7-16,19H,17-18H2,1-6H3,(H,27,31). The fraction of sp³-hybridized carbons (Fsp3) is 0.385. The summed E-state index contributed by atoms with van der Waals surface area (Å²) >= 11 is 0. The normalized spacial score (nSPS) is 11.5. The van der Waals surface area contributed by atoms with E-state index < -0.39 is 0 Å². The van der Waals surface area contributed by atoms with Crippen molar-refractivity contribution in [1.82, 2.24) is 20.0 Å². The van der Waals surface area contributed by atoms with Crippen molar-refractivity contribution in [2.45, 2.75) is 53.6 Å². The lowest BCUT2D eigenvalue weighted by molar-refractivity contribution is 0.178. The molecule has 32 heavy (non-hydrogen) atoms. The zero-order valence-electron chi connectivity index (χ0n) is 19.9. The Morgan fingerprint density at radius 3 is 2.22 bits per heavy atom. The van der Waals surface area contributed by atoms with Crippen LogP contribution in [0.15, 0.2) is 60.7 Å². The minimum atomic E-state index is -0.320. The Morgan fingerprint density at radius 2 is 1.66 bits per heavy atom. The molecule has 0 unspecified atom stereocenters. The van der Waals surface area contributed by atoms with Crippen LogP contribution in [0.1, 0.15) is 45.9 Å². The summed E-state index contributed by atoms with van der Waals surface area (Å²) in [6, 6.07) is 19.5. The van der Waals surface area contributed by atoms with Crippen molar-refractivity contribution in [3.05, 3.63) is 71.9 Å². The van der Waals surface area contributed by atoms with Gasteiger partial charge in [-0.15, -0.1) is 0 Å². The molecule has 1 aromatic heterocycles. The van der Waals surface area contributed by atoms with E-state index >= 15 is 0 Å². The Bertz CT molecular complexity index is 1020. The van der Waals surface area contributed by atoms with Crippen molar-refractivity contribution in [2.24, 2.45) is 5.92 Å². The number of carbonyl (C=O) groups excluding carboxylic acids is 1. The number of hydrogen-bond acceptors (Lipinski definition) is 3. The molecule has 3 rings (SSSR count). The predicted octanol–water partition coefficient (Wildman–Crippen LogP) is 5.94. The number of amides is 2. The van der Waals surface area contributed by atoms with Gasteiger partial charge in [0.05, 0.1) is 23.5 Å². The first-order valence-electron chi connectivity index (χ1n) is 11.1. The second kappa shape index (κ2) is 9.90. The minimum absolute atomic E-state index is 0.0938. The van der Waals surface area contributed by atoms with Crippen molar-refractivity contribution < 1.29 is 9.53 Å². The Labute approximate surface area is 191 Å². The van der Waals surface area contributed by atoms with Crippen molar-refractivity contribution >= 4 is 6.03 Å². The highest BCUT2D eigenvalue weighted by Crippen LogP contribution is 2.31. The summed E-state index contributed by atoms with van der Waals surface area (Å²) in [5, 5.41) is 7.87. The quantitative estimate of drug-likeness (QED) is 0.501. The largest absolute Gasteiger partial charge is 0.439 e. The van der Waals surface area contributed by atoms with Crippen LogP contribution in [0.4, 0.5) is 4.79 Å². The number of urea groups is 1. The topological polar surface area (TPSA) is 59.4 Å². The highest BCUT2D eigenvalue weighted by molar-refractivity contribution is 5.75. The van der Waals surface area contributed by atoms with Gasteiger partial charge in [-0.05, 0) is 57.9 Å². The van der Waals surface area contributed by atoms with E-state index in [1.54, 1.807) is 0 Å². The maximum absolute atomic E-state index is 13.1. The molecule has 1 heterocycles. The van der Waals surface area contributed by atoms with E-state index in [4.69, 9.17) is 9.84 Å². The number of para-hydroxylation sites is 2. The van der Waals surface area contributed by atoms with E-state index in [1.807, 2.05) is 97.9 Å². The molecular weight excluding hydrogens is 400 g/mol. The number of hydrogen-bond donors (Lipinski definition) is 1. The number of ether oxygens (including phenoxy) is 1. The van der Waals surface area contributed by atoms with Gasteiger partial charge >= 0.3 is 6.03 Å². The lowest BCUT2D eigenvalue weighted by Gasteiger charge is -2.29. The molecule has 0 aliphatic heterocycles. The molecule has 0 saturated heterocycles. The first-order valence-corrected chi connectivity index (χ1v) is 11.1. The Hall–Kier alpha value is -3.28. The molecule has 0 bridgehead atoms. The second-order valence-corrected chi connectivity index (χ2v) is 9.49. The second-order valence-electron chi connectivity index (χ2n) is 9.49. The molecule has 0 aliphatic carbocycles. The van der Waals surface area contributed by atoms with Crippen LogP contribution in [0.25, 0.3) is 5.69 Å². The van der Waals surface area contributed by atoms with Crippen LogP contribution in [0.2, 0.25) is 0 Å². The van der Waals surface area contributed by atoms with Gasteiger partial charge in [-0.2, -0.15) is 5.10 Å². The number of aromatic nitrogens is 2. The SMILES string of the molecule is Cc1nn(-c2ccccc2)c(Oc2ccccc2)c1CN(CC(C)C)C(=O)NC(C)(C)C. The molecule has 0 atom stereocenters. The average Bonchev–Trinajstić information content (AvgIpc) is 3.03. The van der Waals surface area contributed by atoms with Crippen molar-refractivity contribution in [3.8, 4) is 17.3 Å². The Morgan fingerprint density at radius 1 is 1.06 bits per heavy atom. The maximum atomic E-state index is 13.1. The van der Waals surface area contributed by atoms with Gasteiger partial charge in [0.15, 0.2) is 0 Å². The van der Waals surface area contributed by atoms with E-state index in [0.29, 0.717) is 24.9 Å². The first-order chi connectivity index (χ1) is 15.1. The van der Waals surface area contributed by atoms with Crippen LogP contribution in [0.3, 0.4) is 0 Å². The van der Waals surface area contributed by atoms with Crippen LogP contribution < -0.4 is 10.1 Å². The third kappa shape index (κ3) is 6.13. The van der Waals surface area contributed by atoms with E-state index in [-0.39, 0.29) is 11.6 Å². The van der Waals surface area contributed by atoms with E-state index in [0.717, 1.165) is 22.7 Å². The molecule has 3 aromatic rings. The van der Waals surface area contributed by atoms with Crippen LogP contribution >= 0.6 is 0 Å². The number of carbonyl (C=O) groups is 1. The van der Waals surface area contributed by atoms with Gasteiger partial charge in [0.2, 0.25) is 5.88 Å². The smallest absolute Gasteiger partial charge is 0.318 e. The van der Waals surface area contributed by atoms with Gasteiger partial charge in [0, 0.05) is 12.1 Å². The monoisotopic (exact) mass is 434 g/mol. The lowest BCUT2D eigenvalue weighted by Crippen LogP contribution is -2.49. The molecule has 0 fully saturated rings. The van der Waals surface area contributed by atoms with Gasteiger partial charge < -0.3 is 15.0 Å². The Kier molecular flexibility index (Phi) is 7.23. The zero-order valence-corrected chi connectivity index (χ0v) is 19.9. The molecule has 1 N–H and O–H groups in total. The van der Waals surface area contributed by atoms with Crippen LogP contribution in [-0.4, -0.2) is 32.8 Å². The third-order valence-electron chi connectivity index (χ3n) is 4.80. The Balaban J connectivity index is 2.03. The number of rotatable bonds is 7. The summed E-state index contributed by atoms with van der Waals surface area (Å²) in [6.45, 7) is 13.2. The predicted molar refractivity (Wildman–Crippen MR) is 128 cm³/mol. The molecule has 2 amide bonds. The van der Waals surface area contributed by atoms with Crippen LogP contribution in [0.5, 0.6) is 11.6 Å². The number of nitrogens with one attached hydrogen (secondary N) is 1. The zero-order chi connectivity index (χ0) is 23.3. The highest BCUT2D eigenvalue weighted by Gasteiger charge is 2.26. The van der Waals surface area contributed by atoms with Crippen LogP contribution in [-0.2, 0) is 6.54 Å². The molecule has 0 aliphatic rings. The summed E-state index contributed by atoms with van der Waals surface area (Å²) in [6.07, 6.45) is 0. The fourth-order valence-electron chi connectivity index (χ4n) is 3.42. The molecule has 0 spiro atoms. The maximum Gasteiger partial charge on any atom is 0.318 e. The van der Waals surface area contributed by atoms with Gasteiger partial charge in [0.25, 0.3) is 0 Å². The fourth-order valence-corrected chi connectivity index (χ4v) is 3.42. The van der Waals surface area contributed by atoms with Gasteiger partial charge in [-0.1, -0.05) is 50.2 Å². The van der Waals surface area contributed by atoms with Gasteiger partial charge in [-0.3, -0.25) is 0 Å². The highest BCUT2D eigenvalue weighted by atomic mass is 16.5. The summed E-state index contributed by atoms with van der Waals surface area (Å²) in [4.78, 5) is 14.9. The number of aryl methyl sites for hydroxylation is 1.